The van der Waals surface area contributed by atoms with Crippen molar-refractivity contribution in [3.63, 3.8) is 0 Å². The van der Waals surface area contributed by atoms with Crippen LogP contribution in [0.4, 0.5) is 0 Å². The summed E-state index contributed by atoms with van der Waals surface area (Å²) < 4.78 is 30.5. The first-order chi connectivity index (χ1) is 12.0. The summed E-state index contributed by atoms with van der Waals surface area (Å²) in [6.07, 6.45) is 3.11. The van der Waals surface area contributed by atoms with Crippen LogP contribution in [0.25, 0.3) is 10.9 Å². The molecular weight excluding hydrogens is 362 g/mol. The number of hydrogen-bond acceptors (Lipinski definition) is 5. The Morgan fingerprint density at radius 2 is 2.16 bits per heavy atom. The third-order valence-electron chi connectivity index (χ3n) is 4.25. The highest BCUT2D eigenvalue weighted by Gasteiger charge is 2.29. The maximum atomic E-state index is 13.0. The van der Waals surface area contributed by atoms with E-state index in [0.29, 0.717) is 34.0 Å². The second-order valence-corrected chi connectivity index (χ2v) is 8.09. The van der Waals surface area contributed by atoms with Crippen molar-refractivity contribution in [2.45, 2.75) is 37.2 Å². The number of aromatic nitrogens is 4. The number of benzene rings is 1. The van der Waals surface area contributed by atoms with E-state index in [1.54, 1.807) is 36.0 Å². The van der Waals surface area contributed by atoms with E-state index in [-0.39, 0.29) is 4.90 Å². The van der Waals surface area contributed by atoms with Crippen molar-refractivity contribution < 1.29 is 8.42 Å². The molecule has 1 atom stereocenters. The zero-order valence-electron chi connectivity index (χ0n) is 13.5. The molecule has 0 bridgehead atoms. The number of sulfonamides is 1. The fourth-order valence-corrected chi connectivity index (χ4v) is 4.82. The van der Waals surface area contributed by atoms with Gasteiger partial charge in [-0.05, 0) is 44.0 Å². The highest BCUT2D eigenvalue weighted by molar-refractivity contribution is 7.89. The molecule has 1 aliphatic heterocycles. The van der Waals surface area contributed by atoms with Gasteiger partial charge in [0.25, 0.3) is 0 Å². The van der Waals surface area contributed by atoms with Crippen LogP contribution in [0.2, 0.25) is 5.02 Å². The quantitative estimate of drug-likeness (QED) is 0.757. The van der Waals surface area contributed by atoms with Crippen LogP contribution < -0.4 is 4.72 Å². The Morgan fingerprint density at radius 3 is 3.00 bits per heavy atom. The minimum Gasteiger partial charge on any atom is -0.255 e. The molecule has 3 heterocycles. The van der Waals surface area contributed by atoms with E-state index in [2.05, 4.69) is 19.8 Å². The van der Waals surface area contributed by atoms with Gasteiger partial charge < -0.3 is 0 Å². The van der Waals surface area contributed by atoms with Gasteiger partial charge in [-0.15, -0.1) is 0 Å². The summed E-state index contributed by atoms with van der Waals surface area (Å²) in [5.41, 5.74) is 0.467. The predicted octanol–water partition coefficient (Wildman–Crippen LogP) is 2.60. The lowest BCUT2D eigenvalue weighted by molar-refractivity contribution is 0.400. The van der Waals surface area contributed by atoms with Gasteiger partial charge in [-0.2, -0.15) is 5.10 Å². The van der Waals surface area contributed by atoms with E-state index in [4.69, 9.17) is 11.6 Å². The van der Waals surface area contributed by atoms with E-state index >= 15 is 0 Å². The van der Waals surface area contributed by atoms with Gasteiger partial charge in [-0.3, -0.25) is 4.98 Å². The molecule has 0 spiro atoms. The lowest BCUT2D eigenvalue weighted by Gasteiger charge is -2.23. The van der Waals surface area contributed by atoms with Gasteiger partial charge in [0.05, 0.1) is 21.5 Å². The molecule has 0 aliphatic carbocycles. The highest BCUT2D eigenvalue weighted by atomic mass is 35.5. The third kappa shape index (κ3) is 2.90. The van der Waals surface area contributed by atoms with Crippen molar-refractivity contribution in [3.8, 4) is 0 Å². The molecule has 0 fully saturated rings. The molecule has 0 radical (unpaired) electrons. The molecule has 0 saturated carbocycles. The summed E-state index contributed by atoms with van der Waals surface area (Å²) in [5, 5.41) is 5.22. The molecular formula is C16H16ClN5O2S. The van der Waals surface area contributed by atoms with Crippen LogP contribution in [0.5, 0.6) is 0 Å². The Bertz CT molecular complexity index is 1060. The van der Waals surface area contributed by atoms with Crippen LogP contribution in [0.15, 0.2) is 35.4 Å². The fourth-order valence-electron chi connectivity index (χ4n) is 3.18. The van der Waals surface area contributed by atoms with Crippen molar-refractivity contribution in [1.82, 2.24) is 24.5 Å². The van der Waals surface area contributed by atoms with E-state index in [1.165, 1.54) is 6.07 Å². The van der Waals surface area contributed by atoms with Crippen LogP contribution in [0.1, 0.15) is 30.5 Å². The number of nitrogens with zero attached hydrogens (tertiary/aromatic N) is 4. The average molecular weight is 378 g/mol. The van der Waals surface area contributed by atoms with Gasteiger partial charge in [0.1, 0.15) is 11.6 Å². The molecule has 130 valence electrons. The van der Waals surface area contributed by atoms with Crippen molar-refractivity contribution >= 4 is 32.5 Å². The summed E-state index contributed by atoms with van der Waals surface area (Å²) in [6.45, 7) is 2.55. The molecule has 7 nitrogen and oxygen atoms in total. The topological polar surface area (TPSA) is 89.8 Å². The van der Waals surface area contributed by atoms with Crippen molar-refractivity contribution in [2.24, 2.45) is 0 Å². The molecule has 0 saturated heterocycles. The zero-order chi connectivity index (χ0) is 17.6. The van der Waals surface area contributed by atoms with Crippen molar-refractivity contribution in [2.75, 3.05) is 0 Å². The van der Waals surface area contributed by atoms with Gasteiger partial charge in [0.2, 0.25) is 10.0 Å². The Morgan fingerprint density at radius 1 is 1.32 bits per heavy atom. The van der Waals surface area contributed by atoms with Crippen LogP contribution >= 0.6 is 11.6 Å². The average Bonchev–Trinajstić information content (AvgIpc) is 2.96. The molecule has 3 aromatic rings. The number of aryl methyl sites for hydroxylation is 2. The van der Waals surface area contributed by atoms with E-state index < -0.39 is 16.1 Å². The first-order valence-corrected chi connectivity index (χ1v) is 9.79. The number of nitrogens with one attached hydrogen (secondary N) is 1. The number of rotatable bonds is 3. The minimum absolute atomic E-state index is 0.161. The van der Waals surface area contributed by atoms with Gasteiger partial charge >= 0.3 is 0 Å². The van der Waals surface area contributed by atoms with Crippen LogP contribution in [0, 0.1) is 6.92 Å². The summed E-state index contributed by atoms with van der Waals surface area (Å²) >= 11 is 6.14. The lowest BCUT2D eigenvalue weighted by atomic mass is 10.1. The Balaban J connectivity index is 1.76. The largest absolute Gasteiger partial charge is 0.255 e. The second kappa shape index (κ2) is 6.05. The van der Waals surface area contributed by atoms with Crippen LogP contribution in [-0.2, 0) is 16.6 Å². The Labute approximate surface area is 150 Å². The maximum absolute atomic E-state index is 13.0. The fraction of sp³-hybridized carbons (Fsp3) is 0.312. The number of halogens is 1. The highest BCUT2D eigenvalue weighted by Crippen LogP contribution is 2.30. The van der Waals surface area contributed by atoms with E-state index in [9.17, 15) is 8.42 Å². The minimum atomic E-state index is -3.77. The monoisotopic (exact) mass is 377 g/mol. The number of fused-ring (bicyclic) bond motifs is 2. The van der Waals surface area contributed by atoms with E-state index in [0.717, 1.165) is 13.0 Å². The molecule has 0 amide bonds. The zero-order valence-corrected chi connectivity index (χ0v) is 15.0. The molecule has 2 aromatic heterocycles. The third-order valence-corrected chi connectivity index (χ3v) is 6.08. The summed E-state index contributed by atoms with van der Waals surface area (Å²) in [6, 6.07) is 6.06. The molecule has 1 aromatic carbocycles. The number of pyridine rings is 1. The Hall–Kier alpha value is -2.03. The Kier molecular flexibility index (Phi) is 3.98. The standard InChI is InChI=1S/C16H16ClN5O2S/c1-10-19-16-13(5-3-9-22(16)20-10)21-25(23,24)14-7-6-12(17)15-11(14)4-2-8-18-15/h2,4,6-8,13,21H,3,5,9H2,1H3/t13-/m1/s1. The SMILES string of the molecule is Cc1nc2n(n1)CCC[C@H]2NS(=O)(=O)c1ccc(Cl)c2ncccc12. The molecule has 0 unspecified atom stereocenters. The summed E-state index contributed by atoms with van der Waals surface area (Å²) in [7, 11) is -3.77. The second-order valence-electron chi connectivity index (χ2n) is 6.00. The summed E-state index contributed by atoms with van der Waals surface area (Å²) in [4.78, 5) is 8.73. The first-order valence-electron chi connectivity index (χ1n) is 7.92. The number of hydrogen-bond donors (Lipinski definition) is 1. The first kappa shape index (κ1) is 16.4. The molecule has 1 N–H and O–H groups in total. The maximum Gasteiger partial charge on any atom is 0.241 e. The molecule has 25 heavy (non-hydrogen) atoms. The molecule has 9 heteroatoms. The van der Waals surface area contributed by atoms with Crippen LogP contribution in [-0.4, -0.2) is 28.2 Å². The van der Waals surface area contributed by atoms with Crippen LogP contribution in [0.3, 0.4) is 0 Å². The molecule has 1 aliphatic rings. The predicted molar refractivity (Wildman–Crippen MR) is 93.8 cm³/mol. The normalized spacial score (nSPS) is 17.6. The smallest absolute Gasteiger partial charge is 0.241 e. The van der Waals surface area contributed by atoms with Crippen molar-refractivity contribution in [1.29, 1.82) is 0 Å². The summed E-state index contributed by atoms with van der Waals surface area (Å²) in [5.74, 6) is 1.30. The van der Waals surface area contributed by atoms with Crippen molar-refractivity contribution in [3.05, 3.63) is 47.1 Å². The van der Waals surface area contributed by atoms with E-state index in [1.807, 2.05) is 0 Å². The lowest BCUT2D eigenvalue weighted by Crippen LogP contribution is -2.33. The van der Waals surface area contributed by atoms with Gasteiger partial charge in [0.15, 0.2) is 0 Å². The van der Waals surface area contributed by atoms with Gasteiger partial charge in [-0.25, -0.2) is 22.8 Å². The molecule has 4 rings (SSSR count). The van der Waals surface area contributed by atoms with Gasteiger partial charge in [0, 0.05) is 18.1 Å². The van der Waals surface area contributed by atoms with Gasteiger partial charge in [-0.1, -0.05) is 11.6 Å².